The molecule has 2 aromatic rings. The van der Waals surface area contributed by atoms with Crippen LogP contribution < -0.4 is 4.90 Å². The number of rotatable bonds is 2. The Balaban J connectivity index is 1.95. The van der Waals surface area contributed by atoms with Crippen LogP contribution in [0.5, 0.6) is 0 Å². The fraction of sp³-hybridized carbons (Fsp3) is 0. The molecule has 20 heavy (non-hydrogen) atoms. The lowest BCUT2D eigenvalue weighted by Crippen LogP contribution is -2.27. The predicted octanol–water partition coefficient (Wildman–Crippen LogP) is 4.07. The normalized spacial score (nSPS) is 17.2. The van der Waals surface area contributed by atoms with Crippen LogP contribution in [-0.2, 0) is 4.79 Å². The number of thioether (sulfide) groups is 1. The summed E-state index contributed by atoms with van der Waals surface area (Å²) >= 11 is 12.5. The molecule has 1 aromatic carbocycles. The minimum absolute atomic E-state index is 0.128. The number of thiocarbonyl (C=S) groups is 1. The molecule has 1 aliphatic rings. The number of hydrogen-bond donors (Lipinski definition) is 1. The number of carbonyl (C=O) groups excluding carboxylic acids is 1. The molecular weight excluding hydrogens is 312 g/mol. The zero-order valence-electron chi connectivity index (χ0n) is 10.2. The van der Waals surface area contributed by atoms with Crippen molar-refractivity contribution in [2.45, 2.75) is 0 Å². The standard InChI is InChI=1S/C14H9ClN2OS2/c15-9-3-1-5-11(7-9)17-13(18)12(20-14(17)19)8-10-4-2-6-16-10/h1-8,16H/b12-8-. The van der Waals surface area contributed by atoms with Crippen molar-refractivity contribution in [3.05, 3.63) is 58.2 Å². The van der Waals surface area contributed by atoms with E-state index >= 15 is 0 Å². The maximum absolute atomic E-state index is 12.4. The SMILES string of the molecule is O=C1/C(=C/c2ccc[nH]2)SC(=S)N1c1cccc(Cl)c1. The first-order valence-corrected chi connectivity index (χ1v) is 7.42. The van der Waals surface area contributed by atoms with Crippen LogP contribution in [0.2, 0.25) is 5.02 Å². The Bertz CT molecular complexity index is 710. The monoisotopic (exact) mass is 320 g/mol. The van der Waals surface area contributed by atoms with Gasteiger partial charge in [-0.2, -0.15) is 0 Å². The first-order chi connectivity index (χ1) is 9.65. The van der Waals surface area contributed by atoms with Crippen molar-refractivity contribution < 1.29 is 4.79 Å². The summed E-state index contributed by atoms with van der Waals surface area (Å²) in [6.07, 6.45) is 3.60. The number of amides is 1. The van der Waals surface area contributed by atoms with Crippen LogP contribution in [0.3, 0.4) is 0 Å². The number of H-pyrrole nitrogens is 1. The third kappa shape index (κ3) is 2.52. The highest BCUT2D eigenvalue weighted by atomic mass is 35.5. The van der Waals surface area contributed by atoms with E-state index in [-0.39, 0.29) is 5.91 Å². The number of anilines is 1. The zero-order chi connectivity index (χ0) is 14.1. The highest BCUT2D eigenvalue weighted by Gasteiger charge is 2.33. The number of benzene rings is 1. The fourth-order valence-corrected chi connectivity index (χ4v) is 3.36. The van der Waals surface area contributed by atoms with E-state index in [2.05, 4.69) is 4.98 Å². The molecule has 3 rings (SSSR count). The molecule has 100 valence electrons. The van der Waals surface area contributed by atoms with E-state index in [1.165, 1.54) is 16.7 Å². The van der Waals surface area contributed by atoms with Crippen molar-refractivity contribution in [1.29, 1.82) is 0 Å². The fourth-order valence-electron chi connectivity index (χ4n) is 1.88. The summed E-state index contributed by atoms with van der Waals surface area (Å²) < 4.78 is 0.509. The smallest absolute Gasteiger partial charge is 0.270 e. The molecular formula is C14H9ClN2OS2. The summed E-state index contributed by atoms with van der Waals surface area (Å²) in [4.78, 5) is 17.6. The summed E-state index contributed by atoms with van der Waals surface area (Å²) in [6, 6.07) is 10.9. The van der Waals surface area contributed by atoms with Crippen LogP contribution in [-0.4, -0.2) is 15.2 Å². The number of aromatic nitrogens is 1. The second-order valence-electron chi connectivity index (χ2n) is 4.12. The maximum atomic E-state index is 12.4. The van der Waals surface area contributed by atoms with Crippen molar-refractivity contribution in [2.75, 3.05) is 4.90 Å². The molecule has 0 bridgehead atoms. The van der Waals surface area contributed by atoms with Gasteiger partial charge >= 0.3 is 0 Å². The molecule has 1 saturated heterocycles. The highest BCUT2D eigenvalue weighted by Crippen LogP contribution is 2.36. The Labute approximate surface area is 130 Å². The van der Waals surface area contributed by atoms with Gasteiger partial charge in [0.05, 0.1) is 10.6 Å². The van der Waals surface area contributed by atoms with Gasteiger partial charge in [0, 0.05) is 16.9 Å². The van der Waals surface area contributed by atoms with E-state index in [9.17, 15) is 4.79 Å². The van der Waals surface area contributed by atoms with Crippen LogP contribution in [0.25, 0.3) is 6.08 Å². The molecule has 3 nitrogen and oxygen atoms in total. The van der Waals surface area contributed by atoms with Gasteiger partial charge in [0.2, 0.25) is 0 Å². The summed E-state index contributed by atoms with van der Waals surface area (Å²) in [6.45, 7) is 0. The van der Waals surface area contributed by atoms with Crippen LogP contribution in [0, 0.1) is 0 Å². The number of carbonyl (C=O) groups is 1. The van der Waals surface area contributed by atoms with Crippen molar-refractivity contribution in [3.63, 3.8) is 0 Å². The molecule has 6 heteroatoms. The summed E-state index contributed by atoms with van der Waals surface area (Å²) in [5.41, 5.74) is 1.56. The van der Waals surface area contributed by atoms with Crippen LogP contribution in [0.4, 0.5) is 5.69 Å². The Hall–Kier alpha value is -1.56. The van der Waals surface area contributed by atoms with Crippen molar-refractivity contribution in [1.82, 2.24) is 4.98 Å². The lowest BCUT2D eigenvalue weighted by molar-refractivity contribution is -0.113. The van der Waals surface area contributed by atoms with Gasteiger partial charge < -0.3 is 4.98 Å². The summed E-state index contributed by atoms with van der Waals surface area (Å²) in [5.74, 6) is -0.128. The molecule has 0 atom stereocenters. The van der Waals surface area contributed by atoms with Gasteiger partial charge in [-0.3, -0.25) is 9.69 Å². The molecule has 2 heterocycles. The molecule has 0 radical (unpaired) electrons. The highest BCUT2D eigenvalue weighted by molar-refractivity contribution is 8.27. The first kappa shape index (κ1) is 13.4. The second kappa shape index (κ2) is 5.44. The molecule has 1 aromatic heterocycles. The maximum Gasteiger partial charge on any atom is 0.270 e. The number of aromatic amines is 1. The first-order valence-electron chi connectivity index (χ1n) is 5.82. The second-order valence-corrected chi connectivity index (χ2v) is 6.23. The third-order valence-electron chi connectivity index (χ3n) is 2.77. The van der Waals surface area contributed by atoms with E-state index in [1.54, 1.807) is 24.3 Å². The Kier molecular flexibility index (Phi) is 3.65. The van der Waals surface area contributed by atoms with E-state index in [4.69, 9.17) is 23.8 Å². The lowest BCUT2D eigenvalue weighted by Gasteiger charge is -2.14. The topological polar surface area (TPSA) is 36.1 Å². The van der Waals surface area contributed by atoms with Crippen molar-refractivity contribution in [3.8, 4) is 0 Å². The van der Waals surface area contributed by atoms with Gasteiger partial charge in [0.25, 0.3) is 5.91 Å². The molecule has 1 fully saturated rings. The molecule has 0 saturated carbocycles. The zero-order valence-corrected chi connectivity index (χ0v) is 12.6. The molecule has 0 aliphatic carbocycles. The largest absolute Gasteiger partial charge is 0.362 e. The van der Waals surface area contributed by atoms with Crippen molar-refractivity contribution in [2.24, 2.45) is 0 Å². The predicted molar refractivity (Wildman–Crippen MR) is 87.9 cm³/mol. The van der Waals surface area contributed by atoms with Crippen LogP contribution >= 0.6 is 35.6 Å². The van der Waals surface area contributed by atoms with Gasteiger partial charge in [0.15, 0.2) is 4.32 Å². The Morgan fingerprint density at radius 2 is 2.15 bits per heavy atom. The number of nitrogens with zero attached hydrogens (tertiary/aromatic N) is 1. The molecule has 0 spiro atoms. The van der Waals surface area contributed by atoms with Crippen LogP contribution in [0.1, 0.15) is 5.69 Å². The van der Waals surface area contributed by atoms with E-state index in [0.29, 0.717) is 19.9 Å². The van der Waals surface area contributed by atoms with Gasteiger partial charge in [-0.25, -0.2) is 0 Å². The molecule has 1 aliphatic heterocycles. The number of hydrogen-bond acceptors (Lipinski definition) is 3. The third-order valence-corrected chi connectivity index (χ3v) is 4.31. The van der Waals surface area contributed by atoms with Gasteiger partial charge in [-0.05, 0) is 36.4 Å². The van der Waals surface area contributed by atoms with E-state index in [0.717, 1.165) is 5.69 Å². The summed E-state index contributed by atoms with van der Waals surface area (Å²) in [5, 5.41) is 0.574. The average Bonchev–Trinajstić information content (AvgIpc) is 2.99. The van der Waals surface area contributed by atoms with Gasteiger partial charge in [0.1, 0.15) is 0 Å². The number of nitrogens with one attached hydrogen (secondary N) is 1. The lowest BCUT2D eigenvalue weighted by atomic mass is 10.3. The quantitative estimate of drug-likeness (QED) is 0.669. The van der Waals surface area contributed by atoms with Gasteiger partial charge in [-0.15, -0.1) is 0 Å². The molecule has 1 amide bonds. The minimum Gasteiger partial charge on any atom is -0.362 e. The van der Waals surface area contributed by atoms with Crippen molar-refractivity contribution >= 4 is 57.6 Å². The Morgan fingerprint density at radius 3 is 2.85 bits per heavy atom. The van der Waals surface area contributed by atoms with Crippen LogP contribution in [0.15, 0.2) is 47.5 Å². The minimum atomic E-state index is -0.128. The number of halogens is 1. The molecule has 0 unspecified atom stereocenters. The van der Waals surface area contributed by atoms with E-state index < -0.39 is 0 Å². The summed E-state index contributed by atoms with van der Waals surface area (Å²) in [7, 11) is 0. The Morgan fingerprint density at radius 1 is 1.30 bits per heavy atom. The van der Waals surface area contributed by atoms with E-state index in [1.807, 2.05) is 24.4 Å². The average molecular weight is 321 g/mol. The van der Waals surface area contributed by atoms with Gasteiger partial charge in [-0.1, -0.05) is 41.6 Å². The molecule has 1 N–H and O–H groups in total.